The Morgan fingerprint density at radius 3 is 2.12 bits per heavy atom. The molecule has 0 aromatic carbocycles. The van der Waals surface area contributed by atoms with Gasteiger partial charge >= 0.3 is 0 Å². The molecule has 0 spiro atoms. The molecule has 1 heterocycles. The Morgan fingerprint density at radius 2 is 1.50 bits per heavy atom. The first-order valence-electron chi connectivity index (χ1n) is 6.06. The first-order chi connectivity index (χ1) is 7.49. The van der Waals surface area contributed by atoms with Gasteiger partial charge in [-0.1, -0.05) is 19.3 Å². The molecule has 16 heavy (non-hydrogen) atoms. The molecule has 2 rings (SSSR count). The van der Waals surface area contributed by atoms with Gasteiger partial charge in [0.2, 0.25) is 0 Å². The van der Waals surface area contributed by atoms with Crippen LogP contribution in [0.1, 0.15) is 32.1 Å². The predicted octanol–water partition coefficient (Wildman–Crippen LogP) is 0.333. The molecule has 4 nitrogen and oxygen atoms in total. The number of sulfone groups is 1. The van der Waals surface area contributed by atoms with E-state index in [0.717, 1.165) is 32.1 Å². The predicted molar refractivity (Wildman–Crippen MR) is 60.7 cm³/mol. The minimum Gasteiger partial charge on any atom is -0.393 e. The molecule has 4 atom stereocenters. The third-order valence-electron chi connectivity index (χ3n) is 3.95. The summed E-state index contributed by atoms with van der Waals surface area (Å²) in [5.41, 5.74) is 0. The van der Waals surface area contributed by atoms with E-state index in [0.29, 0.717) is 0 Å². The highest BCUT2D eigenvalue weighted by molar-refractivity contribution is 7.91. The molecule has 2 aliphatic rings. The lowest BCUT2D eigenvalue weighted by Gasteiger charge is -2.27. The summed E-state index contributed by atoms with van der Waals surface area (Å²) in [5.74, 6) is -0.357. The van der Waals surface area contributed by atoms with Crippen molar-refractivity contribution in [2.45, 2.75) is 44.3 Å². The van der Waals surface area contributed by atoms with Crippen molar-refractivity contribution in [1.29, 1.82) is 0 Å². The van der Waals surface area contributed by atoms with Gasteiger partial charge in [-0.15, -0.1) is 0 Å². The minimum atomic E-state index is -3.09. The van der Waals surface area contributed by atoms with Crippen LogP contribution in [0.25, 0.3) is 0 Å². The number of hydrogen-bond acceptors (Lipinski definition) is 4. The van der Waals surface area contributed by atoms with Gasteiger partial charge in [0.25, 0.3) is 0 Å². The first kappa shape index (κ1) is 12.3. The van der Waals surface area contributed by atoms with Gasteiger partial charge in [-0.05, 0) is 18.8 Å². The summed E-state index contributed by atoms with van der Waals surface area (Å²) >= 11 is 0. The van der Waals surface area contributed by atoms with Crippen LogP contribution in [0.15, 0.2) is 0 Å². The molecule has 1 saturated heterocycles. The Balaban J connectivity index is 2.11. The second-order valence-corrected chi connectivity index (χ2v) is 7.33. The van der Waals surface area contributed by atoms with Gasteiger partial charge in [-0.3, -0.25) is 0 Å². The molecule has 5 heteroatoms. The first-order valence-corrected chi connectivity index (χ1v) is 7.88. The third-order valence-corrected chi connectivity index (χ3v) is 5.69. The molecule has 1 aliphatic heterocycles. The van der Waals surface area contributed by atoms with Gasteiger partial charge < -0.3 is 10.2 Å². The Bertz CT molecular complexity index is 338. The van der Waals surface area contributed by atoms with Crippen molar-refractivity contribution in [2.75, 3.05) is 11.5 Å². The summed E-state index contributed by atoms with van der Waals surface area (Å²) in [6.45, 7) is 0. The van der Waals surface area contributed by atoms with E-state index in [4.69, 9.17) is 0 Å². The van der Waals surface area contributed by atoms with Gasteiger partial charge in [0, 0.05) is 5.92 Å². The Labute approximate surface area is 96.6 Å². The van der Waals surface area contributed by atoms with Crippen molar-refractivity contribution >= 4 is 9.84 Å². The van der Waals surface area contributed by atoms with Crippen LogP contribution in [-0.4, -0.2) is 42.3 Å². The Hall–Kier alpha value is -0.130. The van der Waals surface area contributed by atoms with E-state index in [2.05, 4.69) is 0 Å². The summed E-state index contributed by atoms with van der Waals surface area (Å²) in [6.07, 6.45) is 3.52. The van der Waals surface area contributed by atoms with Crippen molar-refractivity contribution in [1.82, 2.24) is 0 Å². The van der Waals surface area contributed by atoms with Crippen molar-refractivity contribution in [3.8, 4) is 0 Å². The van der Waals surface area contributed by atoms with Crippen molar-refractivity contribution < 1.29 is 18.6 Å². The lowest BCUT2D eigenvalue weighted by molar-refractivity contribution is 0.0267. The average Bonchev–Trinajstić information content (AvgIpc) is 2.37. The minimum absolute atomic E-state index is 0.0326. The maximum absolute atomic E-state index is 11.4. The second-order valence-electron chi connectivity index (χ2n) is 5.18. The summed E-state index contributed by atoms with van der Waals surface area (Å²) in [7, 11) is -3.09. The molecule has 1 aliphatic carbocycles. The zero-order valence-corrected chi connectivity index (χ0v) is 10.2. The van der Waals surface area contributed by atoms with E-state index in [9.17, 15) is 18.6 Å². The van der Waals surface area contributed by atoms with Gasteiger partial charge in [-0.25, -0.2) is 8.42 Å². The topological polar surface area (TPSA) is 74.6 Å². The summed E-state index contributed by atoms with van der Waals surface area (Å²) in [4.78, 5) is 0. The highest BCUT2D eigenvalue weighted by atomic mass is 32.2. The molecular weight excluding hydrogens is 228 g/mol. The smallest absolute Gasteiger partial charge is 0.153 e. The van der Waals surface area contributed by atoms with Crippen LogP contribution in [0.2, 0.25) is 0 Å². The summed E-state index contributed by atoms with van der Waals surface area (Å²) in [5, 5.41) is 19.8. The molecule has 4 unspecified atom stereocenters. The molecular formula is C11H20O4S. The highest BCUT2D eigenvalue weighted by Gasteiger charge is 2.43. The fraction of sp³-hybridized carbons (Fsp3) is 1.00. The van der Waals surface area contributed by atoms with Crippen LogP contribution in [-0.2, 0) is 9.84 Å². The monoisotopic (exact) mass is 248 g/mol. The fourth-order valence-electron chi connectivity index (χ4n) is 3.08. The quantitative estimate of drug-likeness (QED) is 0.656. The van der Waals surface area contributed by atoms with Crippen LogP contribution in [0.5, 0.6) is 0 Å². The fourth-order valence-corrected chi connectivity index (χ4v) is 5.04. The van der Waals surface area contributed by atoms with E-state index in [1.807, 2.05) is 0 Å². The molecule has 0 amide bonds. The highest BCUT2D eigenvalue weighted by Crippen LogP contribution is 2.35. The third kappa shape index (κ3) is 2.57. The molecule has 1 saturated carbocycles. The number of aliphatic hydroxyl groups is 2. The molecule has 2 N–H and O–H groups in total. The van der Waals surface area contributed by atoms with E-state index in [1.54, 1.807) is 0 Å². The molecule has 94 valence electrons. The Kier molecular flexibility index (Phi) is 3.56. The van der Waals surface area contributed by atoms with Crippen LogP contribution in [0, 0.1) is 11.8 Å². The normalized spacial score (nSPS) is 44.1. The van der Waals surface area contributed by atoms with Crippen molar-refractivity contribution in [2.24, 2.45) is 11.8 Å². The van der Waals surface area contributed by atoms with Crippen LogP contribution >= 0.6 is 0 Å². The van der Waals surface area contributed by atoms with Gasteiger partial charge in [-0.2, -0.15) is 0 Å². The largest absolute Gasteiger partial charge is 0.393 e. The molecule has 2 fully saturated rings. The van der Waals surface area contributed by atoms with Crippen LogP contribution in [0.4, 0.5) is 0 Å². The van der Waals surface area contributed by atoms with Crippen molar-refractivity contribution in [3.05, 3.63) is 0 Å². The zero-order chi connectivity index (χ0) is 11.8. The van der Waals surface area contributed by atoms with Gasteiger partial charge in [0.05, 0.1) is 23.7 Å². The van der Waals surface area contributed by atoms with E-state index >= 15 is 0 Å². The maximum atomic E-state index is 11.4. The number of rotatable bonds is 1. The van der Waals surface area contributed by atoms with Crippen molar-refractivity contribution in [3.63, 3.8) is 0 Å². The molecule has 0 radical (unpaired) electrons. The SMILES string of the molecule is O=S1(=O)CC(O)C(C2CCCCCC2O)C1. The maximum Gasteiger partial charge on any atom is 0.153 e. The summed E-state index contributed by atoms with van der Waals surface area (Å²) in [6, 6.07) is 0. The molecule has 0 aromatic heterocycles. The molecule has 0 aromatic rings. The zero-order valence-electron chi connectivity index (χ0n) is 9.38. The van der Waals surface area contributed by atoms with E-state index in [1.165, 1.54) is 0 Å². The average molecular weight is 248 g/mol. The van der Waals surface area contributed by atoms with E-state index < -0.39 is 22.0 Å². The molecule has 0 bridgehead atoms. The lowest BCUT2D eigenvalue weighted by atomic mass is 9.82. The summed E-state index contributed by atoms with van der Waals surface area (Å²) < 4.78 is 22.9. The number of aliphatic hydroxyl groups excluding tert-OH is 2. The lowest BCUT2D eigenvalue weighted by Crippen LogP contribution is -2.33. The van der Waals surface area contributed by atoms with Crippen LogP contribution in [0.3, 0.4) is 0 Å². The van der Waals surface area contributed by atoms with Gasteiger partial charge in [0.1, 0.15) is 0 Å². The Morgan fingerprint density at radius 1 is 0.812 bits per heavy atom. The second kappa shape index (κ2) is 4.63. The number of hydrogen-bond donors (Lipinski definition) is 2. The van der Waals surface area contributed by atoms with E-state index in [-0.39, 0.29) is 23.3 Å². The standard InChI is InChI=1S/C11H20O4S/c12-10-5-3-1-2-4-8(10)9-6-16(14,15)7-11(9)13/h8-13H,1-7H2. The van der Waals surface area contributed by atoms with Crippen LogP contribution < -0.4 is 0 Å². The van der Waals surface area contributed by atoms with Gasteiger partial charge in [0.15, 0.2) is 9.84 Å².